The number of piperidine rings is 1. The highest BCUT2D eigenvalue weighted by Crippen LogP contribution is 2.18. The summed E-state index contributed by atoms with van der Waals surface area (Å²) in [5.74, 6) is 0.565. The molecule has 0 aliphatic carbocycles. The first kappa shape index (κ1) is 14.5. The van der Waals surface area contributed by atoms with Crippen LogP contribution < -0.4 is 5.73 Å². The highest BCUT2D eigenvalue weighted by molar-refractivity contribution is 5.77. The molecule has 1 aliphatic rings. The Labute approximate surface area is 104 Å². The summed E-state index contributed by atoms with van der Waals surface area (Å²) in [7, 11) is 0. The normalized spacial score (nSPS) is 22.5. The van der Waals surface area contributed by atoms with Crippen molar-refractivity contribution in [3.05, 3.63) is 0 Å². The van der Waals surface area contributed by atoms with E-state index in [9.17, 15) is 4.79 Å². The number of nitrogens with zero attached hydrogens (tertiary/aromatic N) is 1. The van der Waals surface area contributed by atoms with Crippen LogP contribution in [0.15, 0.2) is 0 Å². The number of likely N-dealkylation sites (tertiary alicyclic amines) is 1. The molecule has 0 spiro atoms. The van der Waals surface area contributed by atoms with E-state index in [4.69, 9.17) is 10.5 Å². The fourth-order valence-corrected chi connectivity index (χ4v) is 2.16. The predicted molar refractivity (Wildman–Crippen MR) is 68.7 cm³/mol. The third-order valence-corrected chi connectivity index (χ3v) is 3.42. The van der Waals surface area contributed by atoms with Crippen molar-refractivity contribution >= 4 is 5.91 Å². The Morgan fingerprint density at radius 3 is 3.00 bits per heavy atom. The molecule has 4 nitrogen and oxygen atoms in total. The minimum atomic E-state index is 0.117. The molecule has 2 atom stereocenters. The third-order valence-electron chi connectivity index (χ3n) is 3.42. The molecule has 0 saturated carbocycles. The summed E-state index contributed by atoms with van der Waals surface area (Å²) in [4.78, 5) is 13.8. The van der Waals surface area contributed by atoms with Gasteiger partial charge >= 0.3 is 0 Å². The van der Waals surface area contributed by atoms with Gasteiger partial charge in [0.25, 0.3) is 0 Å². The van der Waals surface area contributed by atoms with Gasteiger partial charge in [0.1, 0.15) is 6.61 Å². The standard InChI is InChI=1S/C13H26N2O2/c1-3-4-8-17-10-13(16)15-7-5-6-12(9-15)11(2)14/h11-12H,3-10,14H2,1-2H3. The van der Waals surface area contributed by atoms with Gasteiger partial charge in [-0.1, -0.05) is 13.3 Å². The Bertz CT molecular complexity index is 231. The Balaban J connectivity index is 2.26. The van der Waals surface area contributed by atoms with Gasteiger partial charge in [0.05, 0.1) is 0 Å². The van der Waals surface area contributed by atoms with E-state index in [1.54, 1.807) is 0 Å². The van der Waals surface area contributed by atoms with Crippen LogP contribution in [0.25, 0.3) is 0 Å². The van der Waals surface area contributed by atoms with E-state index < -0.39 is 0 Å². The number of rotatable bonds is 6. The van der Waals surface area contributed by atoms with Crippen molar-refractivity contribution < 1.29 is 9.53 Å². The number of unbranched alkanes of at least 4 members (excludes halogenated alkanes) is 1. The number of amides is 1. The van der Waals surface area contributed by atoms with Crippen LogP contribution in [0.1, 0.15) is 39.5 Å². The molecule has 1 fully saturated rings. The summed E-state index contributed by atoms with van der Waals surface area (Å²) in [6, 6.07) is 0.173. The van der Waals surface area contributed by atoms with Crippen molar-refractivity contribution in [2.45, 2.75) is 45.6 Å². The van der Waals surface area contributed by atoms with Crippen LogP contribution in [-0.4, -0.2) is 43.2 Å². The molecule has 0 radical (unpaired) electrons. The van der Waals surface area contributed by atoms with Gasteiger partial charge in [-0.2, -0.15) is 0 Å². The molecule has 0 aromatic heterocycles. The molecular formula is C13H26N2O2. The number of carbonyl (C=O) groups excluding carboxylic acids is 1. The van der Waals surface area contributed by atoms with Crippen molar-refractivity contribution in [2.24, 2.45) is 11.7 Å². The van der Waals surface area contributed by atoms with E-state index in [-0.39, 0.29) is 18.6 Å². The topological polar surface area (TPSA) is 55.6 Å². The predicted octanol–water partition coefficient (Wildman–Crippen LogP) is 1.39. The molecule has 0 aromatic carbocycles. The Hall–Kier alpha value is -0.610. The lowest BCUT2D eigenvalue weighted by Crippen LogP contribution is -2.46. The summed E-state index contributed by atoms with van der Waals surface area (Å²) in [5, 5.41) is 0. The zero-order chi connectivity index (χ0) is 12.7. The average molecular weight is 242 g/mol. The van der Waals surface area contributed by atoms with Crippen molar-refractivity contribution in [1.82, 2.24) is 4.90 Å². The fourth-order valence-electron chi connectivity index (χ4n) is 2.16. The largest absolute Gasteiger partial charge is 0.372 e. The van der Waals surface area contributed by atoms with Crippen LogP contribution in [0.5, 0.6) is 0 Å². The number of hydrogen-bond donors (Lipinski definition) is 1. The molecule has 4 heteroatoms. The number of hydrogen-bond acceptors (Lipinski definition) is 3. The highest BCUT2D eigenvalue weighted by atomic mass is 16.5. The summed E-state index contributed by atoms with van der Waals surface area (Å²) in [6.45, 7) is 6.71. The monoisotopic (exact) mass is 242 g/mol. The van der Waals surface area contributed by atoms with Gasteiger partial charge in [-0.15, -0.1) is 0 Å². The summed E-state index contributed by atoms with van der Waals surface area (Å²) < 4.78 is 5.36. The smallest absolute Gasteiger partial charge is 0.248 e. The molecule has 1 rings (SSSR count). The summed E-state index contributed by atoms with van der Waals surface area (Å²) >= 11 is 0. The second-order valence-electron chi connectivity index (χ2n) is 5.01. The van der Waals surface area contributed by atoms with Gasteiger partial charge < -0.3 is 15.4 Å². The van der Waals surface area contributed by atoms with Gasteiger partial charge in [-0.25, -0.2) is 0 Å². The quantitative estimate of drug-likeness (QED) is 0.716. The number of ether oxygens (including phenoxy) is 1. The van der Waals surface area contributed by atoms with Crippen LogP contribution in [0.4, 0.5) is 0 Å². The first-order valence-electron chi connectivity index (χ1n) is 6.76. The number of nitrogens with two attached hydrogens (primary N) is 1. The van der Waals surface area contributed by atoms with Crippen LogP contribution >= 0.6 is 0 Å². The van der Waals surface area contributed by atoms with E-state index in [1.807, 2.05) is 11.8 Å². The maximum atomic E-state index is 11.9. The van der Waals surface area contributed by atoms with Gasteiger partial charge in [-0.3, -0.25) is 4.79 Å². The van der Waals surface area contributed by atoms with E-state index in [0.29, 0.717) is 12.5 Å². The zero-order valence-electron chi connectivity index (χ0n) is 11.2. The van der Waals surface area contributed by atoms with Crippen LogP contribution in [0.2, 0.25) is 0 Å². The minimum Gasteiger partial charge on any atom is -0.372 e. The van der Waals surface area contributed by atoms with Gasteiger partial charge in [0, 0.05) is 25.7 Å². The maximum absolute atomic E-state index is 11.9. The van der Waals surface area contributed by atoms with Crippen molar-refractivity contribution in [3.63, 3.8) is 0 Å². The maximum Gasteiger partial charge on any atom is 0.248 e. The highest BCUT2D eigenvalue weighted by Gasteiger charge is 2.25. The lowest BCUT2D eigenvalue weighted by molar-refractivity contribution is -0.138. The zero-order valence-corrected chi connectivity index (χ0v) is 11.2. The summed E-state index contributed by atoms with van der Waals surface area (Å²) in [6.07, 6.45) is 4.32. The fraction of sp³-hybridized carbons (Fsp3) is 0.923. The van der Waals surface area contributed by atoms with E-state index >= 15 is 0 Å². The Morgan fingerprint density at radius 2 is 2.35 bits per heavy atom. The minimum absolute atomic E-state index is 0.117. The van der Waals surface area contributed by atoms with E-state index in [2.05, 4.69) is 6.92 Å². The molecule has 100 valence electrons. The Kier molecular flexibility index (Phi) is 6.52. The second kappa shape index (κ2) is 7.67. The van der Waals surface area contributed by atoms with Gasteiger partial charge in [0.2, 0.25) is 5.91 Å². The first-order chi connectivity index (χ1) is 8.15. The van der Waals surface area contributed by atoms with Crippen LogP contribution in [-0.2, 0) is 9.53 Å². The molecule has 1 amide bonds. The van der Waals surface area contributed by atoms with E-state index in [0.717, 1.165) is 38.8 Å². The molecule has 2 unspecified atom stereocenters. The van der Waals surface area contributed by atoms with Gasteiger partial charge in [-0.05, 0) is 32.1 Å². The molecule has 2 N–H and O–H groups in total. The molecule has 0 aromatic rings. The molecule has 1 heterocycles. The second-order valence-corrected chi connectivity index (χ2v) is 5.01. The van der Waals surface area contributed by atoms with Crippen molar-refractivity contribution in [3.8, 4) is 0 Å². The van der Waals surface area contributed by atoms with Gasteiger partial charge in [0.15, 0.2) is 0 Å². The average Bonchev–Trinajstić information content (AvgIpc) is 2.34. The van der Waals surface area contributed by atoms with Crippen LogP contribution in [0.3, 0.4) is 0 Å². The van der Waals surface area contributed by atoms with Crippen LogP contribution in [0, 0.1) is 5.92 Å². The molecular weight excluding hydrogens is 216 g/mol. The SMILES string of the molecule is CCCCOCC(=O)N1CCCC(C(C)N)C1. The first-order valence-corrected chi connectivity index (χ1v) is 6.76. The Morgan fingerprint density at radius 1 is 1.59 bits per heavy atom. The summed E-state index contributed by atoms with van der Waals surface area (Å²) in [5.41, 5.74) is 5.90. The molecule has 17 heavy (non-hydrogen) atoms. The lowest BCUT2D eigenvalue weighted by atomic mass is 9.92. The lowest BCUT2D eigenvalue weighted by Gasteiger charge is -2.34. The molecule has 0 bridgehead atoms. The van der Waals surface area contributed by atoms with Crippen molar-refractivity contribution in [2.75, 3.05) is 26.3 Å². The molecule has 1 aliphatic heterocycles. The third kappa shape index (κ3) is 5.04. The van der Waals surface area contributed by atoms with E-state index in [1.165, 1.54) is 0 Å². The van der Waals surface area contributed by atoms with Crippen molar-refractivity contribution in [1.29, 1.82) is 0 Å². The molecule has 1 saturated heterocycles. The number of carbonyl (C=O) groups is 1.